The molecule has 2 N–H and O–H groups in total. The first-order valence-corrected chi connectivity index (χ1v) is 12.2. The van der Waals surface area contributed by atoms with Gasteiger partial charge >= 0.3 is 0 Å². The van der Waals surface area contributed by atoms with E-state index in [1.165, 1.54) is 22.5 Å². The van der Waals surface area contributed by atoms with Gasteiger partial charge in [0.25, 0.3) is 0 Å². The lowest BCUT2D eigenvalue weighted by Crippen LogP contribution is -2.47. The molecule has 0 spiro atoms. The van der Waals surface area contributed by atoms with E-state index in [1.54, 1.807) is 12.1 Å². The van der Waals surface area contributed by atoms with Crippen molar-refractivity contribution in [2.45, 2.75) is 31.1 Å². The van der Waals surface area contributed by atoms with E-state index in [2.05, 4.69) is 0 Å². The van der Waals surface area contributed by atoms with Crippen LogP contribution in [0.1, 0.15) is 24.8 Å². The number of sulfonamides is 1. The molecular formula is C21H23Cl3N2O4S. The van der Waals surface area contributed by atoms with E-state index in [0.717, 1.165) is 5.56 Å². The summed E-state index contributed by atoms with van der Waals surface area (Å²) in [5, 5.41) is 1.07. The van der Waals surface area contributed by atoms with Crippen LogP contribution in [0.2, 0.25) is 15.1 Å². The Hall–Kier alpha value is -1.51. The molecule has 0 bridgehead atoms. The zero-order valence-electron chi connectivity index (χ0n) is 16.9. The van der Waals surface area contributed by atoms with Gasteiger partial charge in [0.1, 0.15) is 10.6 Å². The van der Waals surface area contributed by atoms with Crippen molar-refractivity contribution in [2.24, 2.45) is 11.1 Å². The SMILES string of the molecule is Cc1cc(OCC2(CC(N)=O)CCN(S(=O)(=O)c3ccc(Cl)cc3Cl)CC2)ccc1Cl. The average Bonchev–Trinajstić information content (AvgIpc) is 2.68. The van der Waals surface area contributed by atoms with Gasteiger partial charge in [0.05, 0.1) is 11.6 Å². The Morgan fingerprint density at radius 3 is 2.35 bits per heavy atom. The molecule has 1 saturated heterocycles. The highest BCUT2D eigenvalue weighted by Crippen LogP contribution is 2.38. The Kier molecular flexibility index (Phi) is 7.43. The molecule has 0 saturated carbocycles. The lowest BCUT2D eigenvalue weighted by molar-refractivity contribution is -0.121. The molecule has 10 heteroatoms. The largest absolute Gasteiger partial charge is 0.493 e. The molecule has 0 radical (unpaired) electrons. The van der Waals surface area contributed by atoms with E-state index in [9.17, 15) is 13.2 Å². The normalized spacial score (nSPS) is 16.8. The van der Waals surface area contributed by atoms with Crippen LogP contribution in [0.4, 0.5) is 0 Å². The standard InChI is InChI=1S/C21H23Cl3N2O4S/c1-14-10-16(3-4-17(14)23)30-13-21(12-20(25)27)6-8-26(9-7-21)31(28,29)19-5-2-15(22)11-18(19)24/h2-5,10-11H,6-9,12-13H2,1H3,(H2,25,27). The fourth-order valence-corrected chi connectivity index (χ4v) is 6.01. The summed E-state index contributed by atoms with van der Waals surface area (Å²) in [4.78, 5) is 11.8. The van der Waals surface area contributed by atoms with E-state index in [1.807, 2.05) is 13.0 Å². The Labute approximate surface area is 197 Å². The summed E-state index contributed by atoms with van der Waals surface area (Å²) in [6, 6.07) is 9.62. The number of carbonyl (C=O) groups is 1. The van der Waals surface area contributed by atoms with E-state index >= 15 is 0 Å². The Morgan fingerprint density at radius 1 is 1.10 bits per heavy atom. The smallest absolute Gasteiger partial charge is 0.244 e. The fraction of sp³-hybridized carbons (Fsp3) is 0.381. The van der Waals surface area contributed by atoms with Crippen molar-refractivity contribution < 1.29 is 17.9 Å². The number of amides is 1. The summed E-state index contributed by atoms with van der Waals surface area (Å²) in [5.41, 5.74) is 5.81. The summed E-state index contributed by atoms with van der Waals surface area (Å²) >= 11 is 18.1. The molecule has 2 aromatic carbocycles. The molecule has 31 heavy (non-hydrogen) atoms. The zero-order valence-corrected chi connectivity index (χ0v) is 20.0. The Morgan fingerprint density at radius 2 is 1.77 bits per heavy atom. The van der Waals surface area contributed by atoms with Gasteiger partial charge in [-0.25, -0.2) is 8.42 Å². The maximum atomic E-state index is 13.1. The highest BCUT2D eigenvalue weighted by atomic mass is 35.5. The van der Waals surface area contributed by atoms with Gasteiger partial charge in [-0.15, -0.1) is 0 Å². The van der Waals surface area contributed by atoms with Crippen molar-refractivity contribution in [2.75, 3.05) is 19.7 Å². The lowest BCUT2D eigenvalue weighted by Gasteiger charge is -2.40. The van der Waals surface area contributed by atoms with Crippen molar-refractivity contribution in [1.82, 2.24) is 4.31 Å². The van der Waals surface area contributed by atoms with E-state index in [4.69, 9.17) is 45.3 Å². The molecule has 6 nitrogen and oxygen atoms in total. The Bertz CT molecular complexity index is 1080. The summed E-state index contributed by atoms with van der Waals surface area (Å²) in [6.45, 7) is 2.56. The number of aryl methyl sites for hydroxylation is 1. The third-order valence-electron chi connectivity index (χ3n) is 5.52. The van der Waals surface area contributed by atoms with E-state index in [-0.39, 0.29) is 36.0 Å². The third kappa shape index (κ3) is 5.65. The van der Waals surface area contributed by atoms with Gasteiger partial charge in [0.15, 0.2) is 0 Å². The summed E-state index contributed by atoms with van der Waals surface area (Å²) in [7, 11) is -3.79. The first-order chi connectivity index (χ1) is 14.5. The average molecular weight is 506 g/mol. The number of hydrogen-bond donors (Lipinski definition) is 1. The molecule has 0 aromatic heterocycles. The topological polar surface area (TPSA) is 89.7 Å². The number of piperidine rings is 1. The molecule has 1 amide bonds. The predicted octanol–water partition coefficient (Wildman–Crippen LogP) is 4.68. The van der Waals surface area contributed by atoms with Crippen LogP contribution in [0.25, 0.3) is 0 Å². The second kappa shape index (κ2) is 9.55. The van der Waals surface area contributed by atoms with Gasteiger partial charge < -0.3 is 10.5 Å². The van der Waals surface area contributed by atoms with E-state index < -0.39 is 21.3 Å². The third-order valence-corrected chi connectivity index (χ3v) is 8.56. The van der Waals surface area contributed by atoms with Gasteiger partial charge in [-0.05, 0) is 61.7 Å². The number of halogens is 3. The van der Waals surface area contributed by atoms with Crippen LogP contribution in [0.3, 0.4) is 0 Å². The van der Waals surface area contributed by atoms with Crippen molar-refractivity contribution in [1.29, 1.82) is 0 Å². The molecule has 0 atom stereocenters. The second-order valence-corrected chi connectivity index (χ2v) is 11.0. The highest BCUT2D eigenvalue weighted by Gasteiger charge is 2.40. The van der Waals surface area contributed by atoms with Gasteiger partial charge in [0, 0.05) is 35.0 Å². The molecular weight excluding hydrogens is 483 g/mol. The summed E-state index contributed by atoms with van der Waals surface area (Å²) in [5.74, 6) is 0.182. The quantitative estimate of drug-likeness (QED) is 0.591. The van der Waals surface area contributed by atoms with Gasteiger partial charge in [-0.2, -0.15) is 4.31 Å². The van der Waals surface area contributed by atoms with Crippen LogP contribution in [0.5, 0.6) is 5.75 Å². The monoisotopic (exact) mass is 504 g/mol. The first-order valence-electron chi connectivity index (χ1n) is 9.65. The summed E-state index contributed by atoms with van der Waals surface area (Å²) in [6.07, 6.45) is 0.953. The number of hydrogen-bond acceptors (Lipinski definition) is 4. The fourth-order valence-electron chi connectivity index (χ4n) is 3.71. The van der Waals surface area contributed by atoms with Crippen molar-refractivity contribution in [3.63, 3.8) is 0 Å². The van der Waals surface area contributed by atoms with Crippen LogP contribution in [0.15, 0.2) is 41.3 Å². The number of nitrogens with zero attached hydrogens (tertiary/aromatic N) is 1. The lowest BCUT2D eigenvalue weighted by atomic mass is 9.76. The number of ether oxygens (including phenoxy) is 1. The first kappa shape index (κ1) is 24.1. The number of rotatable bonds is 7. The Balaban J connectivity index is 1.75. The van der Waals surface area contributed by atoms with Crippen molar-refractivity contribution in [3.05, 3.63) is 57.0 Å². The number of primary amides is 1. The number of nitrogens with two attached hydrogens (primary N) is 1. The van der Waals surface area contributed by atoms with E-state index in [0.29, 0.717) is 28.6 Å². The van der Waals surface area contributed by atoms with Crippen molar-refractivity contribution >= 4 is 50.7 Å². The number of benzene rings is 2. The zero-order chi connectivity index (χ0) is 22.8. The van der Waals surface area contributed by atoms with Gasteiger partial charge in [-0.3, -0.25) is 4.79 Å². The molecule has 1 aliphatic heterocycles. The van der Waals surface area contributed by atoms with Gasteiger partial charge in [0.2, 0.25) is 15.9 Å². The molecule has 168 valence electrons. The van der Waals surface area contributed by atoms with Crippen LogP contribution < -0.4 is 10.5 Å². The molecule has 2 aromatic rings. The minimum atomic E-state index is -3.79. The van der Waals surface area contributed by atoms with Crippen LogP contribution >= 0.6 is 34.8 Å². The molecule has 3 rings (SSSR count). The minimum absolute atomic E-state index is 0.00820. The maximum Gasteiger partial charge on any atom is 0.244 e. The molecule has 0 aliphatic carbocycles. The molecule has 1 fully saturated rings. The predicted molar refractivity (Wildman–Crippen MR) is 122 cm³/mol. The molecule has 0 unspecified atom stereocenters. The van der Waals surface area contributed by atoms with Gasteiger partial charge in [-0.1, -0.05) is 34.8 Å². The van der Waals surface area contributed by atoms with Crippen molar-refractivity contribution in [3.8, 4) is 5.75 Å². The highest BCUT2D eigenvalue weighted by molar-refractivity contribution is 7.89. The summed E-state index contributed by atoms with van der Waals surface area (Å²) < 4.78 is 33.5. The number of carbonyl (C=O) groups excluding carboxylic acids is 1. The minimum Gasteiger partial charge on any atom is -0.493 e. The molecule has 1 heterocycles. The van der Waals surface area contributed by atoms with Crippen LogP contribution in [0, 0.1) is 12.3 Å². The second-order valence-electron chi connectivity index (χ2n) is 7.82. The molecule has 1 aliphatic rings. The van der Waals surface area contributed by atoms with Crippen LogP contribution in [-0.4, -0.2) is 38.3 Å². The van der Waals surface area contributed by atoms with Crippen LogP contribution in [-0.2, 0) is 14.8 Å². The maximum absolute atomic E-state index is 13.1.